The van der Waals surface area contributed by atoms with Crippen LogP contribution in [0.1, 0.15) is 42.6 Å². The zero-order valence-corrected chi connectivity index (χ0v) is 16.3. The number of Topliss-reactive ketones (excluding diaryl/α,β-unsaturated/α-hetero) is 1. The maximum atomic E-state index is 12.4. The first-order valence-electron chi connectivity index (χ1n) is 8.78. The van der Waals surface area contributed by atoms with Gasteiger partial charge in [0.1, 0.15) is 11.9 Å². The smallest absolute Gasteiger partial charge is 0.325 e. The Morgan fingerprint density at radius 2 is 1.85 bits per heavy atom. The van der Waals surface area contributed by atoms with E-state index in [2.05, 4.69) is 10.6 Å². The quantitative estimate of drug-likeness (QED) is 0.256. The summed E-state index contributed by atoms with van der Waals surface area (Å²) in [4.78, 5) is 46.6. The van der Waals surface area contributed by atoms with Gasteiger partial charge in [-0.15, -0.1) is 11.6 Å². The molecule has 0 aromatic heterocycles. The van der Waals surface area contributed by atoms with Crippen molar-refractivity contribution in [1.82, 2.24) is 10.6 Å². The minimum atomic E-state index is -0.923. The molecule has 0 bridgehead atoms. The van der Waals surface area contributed by atoms with Gasteiger partial charge >= 0.3 is 5.97 Å². The molecule has 0 radical (unpaired) electrons. The lowest BCUT2D eigenvalue weighted by Gasteiger charge is -2.13. The number of carbonyl (C=O) groups excluding carboxylic acids is 4. The Kier molecular flexibility index (Phi) is 10.1. The topological polar surface area (TPSA) is 102 Å². The summed E-state index contributed by atoms with van der Waals surface area (Å²) in [6.45, 7) is 3.51. The summed E-state index contributed by atoms with van der Waals surface area (Å²) in [5.41, 5.74) is 1.16. The largest absolute Gasteiger partial charge is 0.465 e. The summed E-state index contributed by atoms with van der Waals surface area (Å²) in [5, 5.41) is 4.14. The Bertz CT molecular complexity index is 678. The fraction of sp³-hybridized carbons (Fsp3) is 0.474. The lowest BCUT2D eigenvalue weighted by atomic mass is 9.97. The predicted octanol–water partition coefficient (Wildman–Crippen LogP) is 1.61. The molecule has 7 nitrogen and oxygen atoms in total. The third-order valence-corrected chi connectivity index (χ3v) is 4.02. The van der Waals surface area contributed by atoms with Crippen LogP contribution in [0.5, 0.6) is 0 Å². The predicted molar refractivity (Wildman–Crippen MR) is 102 cm³/mol. The molecule has 148 valence electrons. The van der Waals surface area contributed by atoms with Crippen molar-refractivity contribution < 1.29 is 23.9 Å². The second kappa shape index (κ2) is 12.1. The zero-order chi connectivity index (χ0) is 20.2. The number of rotatable bonds is 11. The number of amides is 2. The number of nitrogens with one attached hydrogen (secondary N) is 2. The van der Waals surface area contributed by atoms with Gasteiger partial charge in [0, 0.05) is 25.5 Å². The van der Waals surface area contributed by atoms with Crippen LogP contribution in [0.4, 0.5) is 0 Å². The summed E-state index contributed by atoms with van der Waals surface area (Å²) in [6, 6.07) is 6.95. The van der Waals surface area contributed by atoms with E-state index in [0.717, 1.165) is 0 Å². The Balaban J connectivity index is 2.61. The normalized spacial score (nSPS) is 11.4. The van der Waals surface area contributed by atoms with Gasteiger partial charge in [-0.25, -0.2) is 0 Å². The minimum absolute atomic E-state index is 0.0771. The molecule has 1 aromatic carbocycles. The molecule has 1 aromatic rings. The molecule has 0 aliphatic carbocycles. The number of hydrogen-bond acceptors (Lipinski definition) is 5. The number of ether oxygens (including phenoxy) is 1. The van der Waals surface area contributed by atoms with E-state index in [-0.39, 0.29) is 37.7 Å². The van der Waals surface area contributed by atoms with Crippen molar-refractivity contribution in [2.24, 2.45) is 0 Å². The highest BCUT2D eigenvalue weighted by molar-refractivity contribution is 6.31. The molecule has 2 amide bonds. The molecule has 0 aliphatic heterocycles. The molecule has 0 saturated heterocycles. The fourth-order valence-electron chi connectivity index (χ4n) is 2.39. The van der Waals surface area contributed by atoms with Crippen LogP contribution < -0.4 is 10.6 Å². The summed E-state index contributed by atoms with van der Waals surface area (Å²) >= 11 is 6.14. The van der Waals surface area contributed by atoms with E-state index in [0.29, 0.717) is 24.1 Å². The van der Waals surface area contributed by atoms with E-state index in [4.69, 9.17) is 16.3 Å². The lowest BCUT2D eigenvalue weighted by Crippen LogP contribution is -2.37. The molecule has 1 atom stereocenters. The number of benzene rings is 1. The Morgan fingerprint density at radius 1 is 1.15 bits per heavy atom. The van der Waals surface area contributed by atoms with Gasteiger partial charge in [0.05, 0.1) is 6.61 Å². The van der Waals surface area contributed by atoms with Gasteiger partial charge in [0.15, 0.2) is 5.78 Å². The SMILES string of the molecule is CCOC(=O)CNC(=O)C(Cl)Cc1ccccc1C(=O)CCCNC(C)=O. The summed E-state index contributed by atoms with van der Waals surface area (Å²) in [5.74, 6) is -1.25. The Labute approximate surface area is 163 Å². The third-order valence-electron chi connectivity index (χ3n) is 3.67. The van der Waals surface area contributed by atoms with Crippen LogP contribution in [0.3, 0.4) is 0 Å². The molecule has 0 fully saturated rings. The molecule has 2 N–H and O–H groups in total. The molecular weight excluding hydrogens is 372 g/mol. The van der Waals surface area contributed by atoms with Gasteiger partial charge in [0.2, 0.25) is 11.8 Å². The van der Waals surface area contributed by atoms with Crippen molar-refractivity contribution in [3.05, 3.63) is 35.4 Å². The van der Waals surface area contributed by atoms with Gasteiger partial charge in [0.25, 0.3) is 0 Å². The first-order valence-corrected chi connectivity index (χ1v) is 9.21. The summed E-state index contributed by atoms with van der Waals surface area (Å²) in [6.07, 6.45) is 0.959. The molecule has 0 saturated carbocycles. The minimum Gasteiger partial charge on any atom is -0.465 e. The highest BCUT2D eigenvalue weighted by atomic mass is 35.5. The first kappa shape index (κ1) is 22.6. The molecule has 27 heavy (non-hydrogen) atoms. The number of ketones is 1. The van der Waals surface area contributed by atoms with E-state index < -0.39 is 17.3 Å². The van der Waals surface area contributed by atoms with Crippen molar-refractivity contribution in [1.29, 1.82) is 0 Å². The molecular formula is C19H25ClN2O5. The number of hydrogen-bond donors (Lipinski definition) is 2. The number of esters is 1. The van der Waals surface area contributed by atoms with Crippen LogP contribution in [0, 0.1) is 0 Å². The molecule has 8 heteroatoms. The summed E-state index contributed by atoms with van der Waals surface area (Å²) < 4.78 is 4.73. The van der Waals surface area contributed by atoms with Gasteiger partial charge in [-0.1, -0.05) is 24.3 Å². The van der Waals surface area contributed by atoms with Crippen molar-refractivity contribution in [3.63, 3.8) is 0 Å². The van der Waals surface area contributed by atoms with Crippen molar-refractivity contribution in [2.45, 2.75) is 38.5 Å². The van der Waals surface area contributed by atoms with Crippen molar-refractivity contribution >= 4 is 35.2 Å². The van der Waals surface area contributed by atoms with E-state index in [1.807, 2.05) is 0 Å². The molecule has 1 rings (SSSR count). The number of carbonyl (C=O) groups is 4. The van der Waals surface area contributed by atoms with Crippen LogP contribution in [0.25, 0.3) is 0 Å². The van der Waals surface area contributed by atoms with Gasteiger partial charge < -0.3 is 15.4 Å². The van der Waals surface area contributed by atoms with Crippen LogP contribution in [-0.4, -0.2) is 48.6 Å². The second-order valence-electron chi connectivity index (χ2n) is 5.86. The van der Waals surface area contributed by atoms with Crippen molar-refractivity contribution in [2.75, 3.05) is 19.7 Å². The second-order valence-corrected chi connectivity index (χ2v) is 6.39. The maximum Gasteiger partial charge on any atom is 0.325 e. The van der Waals surface area contributed by atoms with Crippen LogP contribution in [0.2, 0.25) is 0 Å². The number of alkyl halides is 1. The van der Waals surface area contributed by atoms with Gasteiger partial charge in [-0.05, 0) is 25.3 Å². The average molecular weight is 397 g/mol. The molecule has 0 spiro atoms. The molecule has 0 heterocycles. The Hall–Kier alpha value is -2.41. The van der Waals surface area contributed by atoms with Crippen molar-refractivity contribution in [3.8, 4) is 0 Å². The van der Waals surface area contributed by atoms with Crippen LogP contribution >= 0.6 is 11.6 Å². The molecule has 0 aliphatic rings. The standard InChI is InChI=1S/C19H25ClN2O5/c1-3-27-18(25)12-22-19(26)16(20)11-14-7-4-5-8-15(14)17(24)9-6-10-21-13(2)23/h4-5,7-8,16H,3,6,9-12H2,1-2H3,(H,21,23)(H,22,26). The van der Waals surface area contributed by atoms with E-state index >= 15 is 0 Å². The monoisotopic (exact) mass is 396 g/mol. The van der Waals surface area contributed by atoms with E-state index in [9.17, 15) is 19.2 Å². The Morgan fingerprint density at radius 3 is 2.52 bits per heavy atom. The van der Waals surface area contributed by atoms with Gasteiger partial charge in [-0.2, -0.15) is 0 Å². The fourth-order valence-corrected chi connectivity index (χ4v) is 2.63. The third kappa shape index (κ3) is 8.68. The average Bonchev–Trinajstić information content (AvgIpc) is 2.63. The first-order chi connectivity index (χ1) is 12.8. The van der Waals surface area contributed by atoms with Gasteiger partial charge in [-0.3, -0.25) is 19.2 Å². The van der Waals surface area contributed by atoms with Crippen LogP contribution in [0.15, 0.2) is 24.3 Å². The highest BCUT2D eigenvalue weighted by Crippen LogP contribution is 2.16. The number of halogens is 1. The van der Waals surface area contributed by atoms with Crippen LogP contribution in [-0.2, 0) is 25.5 Å². The van der Waals surface area contributed by atoms with E-state index in [1.165, 1.54) is 6.92 Å². The highest BCUT2D eigenvalue weighted by Gasteiger charge is 2.20. The van der Waals surface area contributed by atoms with E-state index in [1.54, 1.807) is 31.2 Å². The summed E-state index contributed by atoms with van der Waals surface area (Å²) in [7, 11) is 0. The lowest BCUT2D eigenvalue weighted by molar-refractivity contribution is -0.143. The zero-order valence-electron chi connectivity index (χ0n) is 15.5. The maximum absolute atomic E-state index is 12.4. The molecule has 1 unspecified atom stereocenters.